The van der Waals surface area contributed by atoms with Crippen LogP contribution in [0.2, 0.25) is 0 Å². The second kappa shape index (κ2) is 47.5. The molecule has 6 heteroatoms. The van der Waals surface area contributed by atoms with Crippen molar-refractivity contribution in [2.75, 3.05) is 13.2 Å². The maximum Gasteiger partial charge on any atom is 0.305 e. The summed E-state index contributed by atoms with van der Waals surface area (Å²) in [7, 11) is 0. The standard InChI is InChI=1S/C51H101NO5/c1-3-5-7-9-11-13-15-17-19-21-22-24-27-31-35-39-43-49(54)48(47-53)52-50(55)44-40-36-32-28-26-30-34-38-42-46-57-51(56)45-41-37-33-29-25-23-20-18-16-14-12-10-8-6-4-2/h48-49,53-54H,3-47H2,1-2H3,(H,52,55). The van der Waals surface area contributed by atoms with E-state index in [4.69, 9.17) is 4.74 Å². The Morgan fingerprint density at radius 1 is 0.421 bits per heavy atom. The lowest BCUT2D eigenvalue weighted by molar-refractivity contribution is -0.143. The maximum absolute atomic E-state index is 12.4. The highest BCUT2D eigenvalue weighted by atomic mass is 16.5. The lowest BCUT2D eigenvalue weighted by Crippen LogP contribution is -2.45. The number of aliphatic hydroxyl groups excluding tert-OH is 2. The third kappa shape index (κ3) is 44.2. The molecule has 0 fully saturated rings. The van der Waals surface area contributed by atoms with Crippen LogP contribution in [0.4, 0.5) is 0 Å². The summed E-state index contributed by atoms with van der Waals surface area (Å²) >= 11 is 0. The summed E-state index contributed by atoms with van der Waals surface area (Å²) in [5.74, 6) is -0.0809. The highest BCUT2D eigenvalue weighted by Crippen LogP contribution is 2.17. The molecule has 0 aliphatic carbocycles. The van der Waals surface area contributed by atoms with Crippen LogP contribution in [0.25, 0.3) is 0 Å². The SMILES string of the molecule is CCCCCCCCCCCCCCCCCCC(O)C(CO)NC(=O)CCCCCCCCCCCOC(=O)CCCCCCCCCCCCCCCCC. The molecule has 6 nitrogen and oxygen atoms in total. The fourth-order valence-electron chi connectivity index (χ4n) is 8.17. The number of hydrogen-bond acceptors (Lipinski definition) is 5. The van der Waals surface area contributed by atoms with Gasteiger partial charge in [-0.25, -0.2) is 0 Å². The van der Waals surface area contributed by atoms with E-state index in [0.717, 1.165) is 57.8 Å². The van der Waals surface area contributed by atoms with Gasteiger partial charge in [0.15, 0.2) is 0 Å². The summed E-state index contributed by atoms with van der Waals surface area (Å²) in [6, 6.07) is -0.559. The van der Waals surface area contributed by atoms with Gasteiger partial charge in [-0.2, -0.15) is 0 Å². The number of aliphatic hydroxyl groups is 2. The van der Waals surface area contributed by atoms with Crippen LogP contribution in [-0.4, -0.2) is 47.4 Å². The molecule has 2 unspecified atom stereocenters. The van der Waals surface area contributed by atoms with E-state index in [1.807, 2.05) is 0 Å². The molecule has 1 amide bonds. The van der Waals surface area contributed by atoms with Crippen LogP contribution in [0.1, 0.15) is 290 Å². The number of rotatable bonds is 48. The third-order valence-corrected chi connectivity index (χ3v) is 12.2. The first-order chi connectivity index (χ1) is 28.0. The van der Waals surface area contributed by atoms with Crippen LogP contribution in [0, 0.1) is 0 Å². The molecule has 3 N–H and O–H groups in total. The molecule has 0 spiro atoms. The van der Waals surface area contributed by atoms with E-state index < -0.39 is 12.1 Å². The highest BCUT2D eigenvalue weighted by molar-refractivity contribution is 5.76. The molecule has 0 radical (unpaired) electrons. The van der Waals surface area contributed by atoms with Gasteiger partial charge >= 0.3 is 5.97 Å². The van der Waals surface area contributed by atoms with Crippen molar-refractivity contribution in [2.45, 2.75) is 302 Å². The van der Waals surface area contributed by atoms with E-state index in [9.17, 15) is 19.8 Å². The zero-order chi connectivity index (χ0) is 41.5. The first-order valence-corrected chi connectivity index (χ1v) is 25.8. The first kappa shape index (κ1) is 55.9. The number of carbonyl (C=O) groups is 2. The van der Waals surface area contributed by atoms with Crippen molar-refractivity contribution in [3.63, 3.8) is 0 Å². The average Bonchev–Trinajstić information content (AvgIpc) is 3.21. The van der Waals surface area contributed by atoms with Gasteiger partial charge in [-0.1, -0.05) is 251 Å². The first-order valence-electron chi connectivity index (χ1n) is 25.8. The van der Waals surface area contributed by atoms with Crippen LogP contribution in [0.3, 0.4) is 0 Å². The lowest BCUT2D eigenvalue weighted by Gasteiger charge is -2.22. The summed E-state index contributed by atoms with van der Waals surface area (Å²) in [5, 5.41) is 23.2. The fraction of sp³-hybridized carbons (Fsp3) is 0.961. The Bertz CT molecular complexity index is 806. The van der Waals surface area contributed by atoms with E-state index in [1.165, 1.54) is 199 Å². The Morgan fingerprint density at radius 2 is 0.719 bits per heavy atom. The van der Waals surface area contributed by atoms with E-state index in [1.54, 1.807) is 0 Å². The van der Waals surface area contributed by atoms with Gasteiger partial charge in [-0.3, -0.25) is 9.59 Å². The second-order valence-electron chi connectivity index (χ2n) is 17.9. The quantitative estimate of drug-likeness (QED) is 0.0420. The Morgan fingerprint density at radius 3 is 1.07 bits per heavy atom. The smallest absolute Gasteiger partial charge is 0.305 e. The van der Waals surface area contributed by atoms with Crippen molar-refractivity contribution in [2.24, 2.45) is 0 Å². The van der Waals surface area contributed by atoms with E-state index in [2.05, 4.69) is 19.2 Å². The normalized spacial score (nSPS) is 12.6. The maximum atomic E-state index is 12.4. The molecule has 0 aliphatic heterocycles. The van der Waals surface area contributed by atoms with Gasteiger partial charge in [0.05, 0.1) is 25.4 Å². The summed E-state index contributed by atoms with van der Waals surface area (Å²) in [6.07, 6.45) is 52.1. The zero-order valence-corrected chi connectivity index (χ0v) is 38.6. The fourth-order valence-corrected chi connectivity index (χ4v) is 8.17. The van der Waals surface area contributed by atoms with E-state index in [0.29, 0.717) is 25.9 Å². The Labute approximate surface area is 356 Å². The summed E-state index contributed by atoms with van der Waals surface area (Å²) in [4.78, 5) is 24.5. The topological polar surface area (TPSA) is 95.9 Å². The number of amides is 1. The number of ether oxygens (including phenoxy) is 1. The molecule has 340 valence electrons. The summed E-state index contributed by atoms with van der Waals surface area (Å²) in [5.41, 5.74) is 0. The van der Waals surface area contributed by atoms with Gasteiger partial charge in [-0.15, -0.1) is 0 Å². The minimum Gasteiger partial charge on any atom is -0.466 e. The Balaban J connectivity index is 3.47. The van der Waals surface area contributed by atoms with Gasteiger partial charge in [0.1, 0.15) is 0 Å². The van der Waals surface area contributed by atoms with Crippen LogP contribution in [0.15, 0.2) is 0 Å². The Hall–Kier alpha value is -1.14. The van der Waals surface area contributed by atoms with Crippen molar-refractivity contribution in [1.29, 1.82) is 0 Å². The predicted octanol–water partition coefficient (Wildman–Crippen LogP) is 15.2. The zero-order valence-electron chi connectivity index (χ0n) is 38.6. The molecular weight excluding hydrogens is 707 g/mol. The van der Waals surface area contributed by atoms with Crippen LogP contribution >= 0.6 is 0 Å². The minimum atomic E-state index is -0.679. The van der Waals surface area contributed by atoms with Gasteiger partial charge in [0, 0.05) is 12.8 Å². The average molecular weight is 808 g/mol. The molecule has 0 aromatic heterocycles. The number of unbranched alkanes of at least 4 members (excludes halogenated alkanes) is 37. The van der Waals surface area contributed by atoms with Crippen molar-refractivity contribution < 1.29 is 24.5 Å². The van der Waals surface area contributed by atoms with Gasteiger partial charge < -0.3 is 20.3 Å². The molecule has 0 bridgehead atoms. The molecule has 0 aromatic rings. The lowest BCUT2D eigenvalue weighted by atomic mass is 10.0. The molecular formula is C51H101NO5. The molecule has 57 heavy (non-hydrogen) atoms. The second-order valence-corrected chi connectivity index (χ2v) is 17.9. The number of hydrogen-bond donors (Lipinski definition) is 3. The molecule has 0 saturated carbocycles. The Kier molecular flexibility index (Phi) is 46.6. The molecule has 0 saturated heterocycles. The number of nitrogens with one attached hydrogen (secondary N) is 1. The van der Waals surface area contributed by atoms with E-state index >= 15 is 0 Å². The molecule has 2 atom stereocenters. The molecule has 0 aliphatic rings. The molecule has 0 rings (SSSR count). The van der Waals surface area contributed by atoms with Crippen molar-refractivity contribution >= 4 is 11.9 Å². The third-order valence-electron chi connectivity index (χ3n) is 12.2. The minimum absolute atomic E-state index is 0.0213. The van der Waals surface area contributed by atoms with Crippen molar-refractivity contribution in [1.82, 2.24) is 5.32 Å². The monoisotopic (exact) mass is 808 g/mol. The van der Waals surface area contributed by atoms with Crippen molar-refractivity contribution in [3.05, 3.63) is 0 Å². The van der Waals surface area contributed by atoms with Gasteiger partial charge in [-0.05, 0) is 25.7 Å². The van der Waals surface area contributed by atoms with Crippen LogP contribution < -0.4 is 5.32 Å². The molecule has 0 aromatic carbocycles. The highest BCUT2D eigenvalue weighted by Gasteiger charge is 2.20. The van der Waals surface area contributed by atoms with E-state index in [-0.39, 0.29) is 18.5 Å². The molecule has 0 heterocycles. The summed E-state index contributed by atoms with van der Waals surface area (Å²) in [6.45, 7) is 4.91. The summed E-state index contributed by atoms with van der Waals surface area (Å²) < 4.78 is 5.45. The predicted molar refractivity (Wildman–Crippen MR) is 246 cm³/mol. The number of esters is 1. The number of carbonyl (C=O) groups excluding carboxylic acids is 2. The van der Waals surface area contributed by atoms with Gasteiger partial charge in [0.25, 0.3) is 0 Å². The van der Waals surface area contributed by atoms with Gasteiger partial charge in [0.2, 0.25) is 5.91 Å². The largest absolute Gasteiger partial charge is 0.466 e. The van der Waals surface area contributed by atoms with Crippen LogP contribution in [-0.2, 0) is 14.3 Å². The van der Waals surface area contributed by atoms with Crippen molar-refractivity contribution in [3.8, 4) is 0 Å². The van der Waals surface area contributed by atoms with Crippen LogP contribution in [0.5, 0.6) is 0 Å².